The number of nitrogens with one attached hydrogen (secondary N) is 1. The molecule has 0 aliphatic carbocycles. The van der Waals surface area contributed by atoms with Gasteiger partial charge in [-0.15, -0.1) is 0 Å². The average Bonchev–Trinajstić information content (AvgIpc) is 2.69. The zero-order chi connectivity index (χ0) is 14.7. The Hall–Kier alpha value is -1.43. The fourth-order valence-electron chi connectivity index (χ4n) is 2.24. The summed E-state index contributed by atoms with van der Waals surface area (Å²) in [6, 6.07) is 4.31. The van der Waals surface area contributed by atoms with Crippen LogP contribution in [0.25, 0.3) is 0 Å². The first-order valence-corrected chi connectivity index (χ1v) is 7.22. The topological polar surface area (TPSA) is 49.4 Å². The highest BCUT2D eigenvalue weighted by Crippen LogP contribution is 2.19. The van der Waals surface area contributed by atoms with Crippen molar-refractivity contribution in [3.8, 4) is 0 Å². The lowest BCUT2D eigenvalue weighted by molar-refractivity contribution is -0.126. The molecule has 2 amide bonds. The van der Waals surface area contributed by atoms with E-state index in [9.17, 15) is 14.0 Å². The van der Waals surface area contributed by atoms with Gasteiger partial charge in [0, 0.05) is 30.9 Å². The van der Waals surface area contributed by atoms with Crippen LogP contribution in [-0.2, 0) is 16.0 Å². The molecule has 2 rings (SSSR count). The molecular formula is C14H16BrFN2O2. The van der Waals surface area contributed by atoms with Crippen molar-refractivity contribution >= 4 is 27.7 Å². The predicted octanol–water partition coefficient (Wildman–Crippen LogP) is 1.87. The summed E-state index contributed by atoms with van der Waals surface area (Å²) < 4.78 is 13.9. The van der Waals surface area contributed by atoms with E-state index in [-0.39, 0.29) is 30.1 Å². The Balaban J connectivity index is 1.83. The standard InChI is InChI=1S/C14H16BrFN2O2/c1-18-8-11(7-14(18)20)17-13(19)5-2-9-6-10(16)3-4-12(9)15/h3-4,6,11H,2,5,7-8H2,1H3,(H,17,19)/t11-/m1/s1. The molecule has 0 saturated carbocycles. The molecule has 20 heavy (non-hydrogen) atoms. The summed E-state index contributed by atoms with van der Waals surface area (Å²) in [6.45, 7) is 0.550. The number of likely N-dealkylation sites (tertiary alicyclic amines) is 1. The summed E-state index contributed by atoms with van der Waals surface area (Å²) in [7, 11) is 1.72. The Morgan fingerprint density at radius 3 is 2.95 bits per heavy atom. The molecule has 1 fully saturated rings. The van der Waals surface area contributed by atoms with E-state index >= 15 is 0 Å². The Morgan fingerprint density at radius 1 is 1.55 bits per heavy atom. The van der Waals surface area contributed by atoms with Crippen LogP contribution in [0.4, 0.5) is 4.39 Å². The van der Waals surface area contributed by atoms with Crippen LogP contribution >= 0.6 is 15.9 Å². The third-order valence-electron chi connectivity index (χ3n) is 3.34. The van der Waals surface area contributed by atoms with E-state index in [1.165, 1.54) is 12.1 Å². The van der Waals surface area contributed by atoms with Crippen LogP contribution in [0.1, 0.15) is 18.4 Å². The van der Waals surface area contributed by atoms with Crippen LogP contribution in [-0.4, -0.2) is 36.3 Å². The Bertz CT molecular complexity index is 536. The molecule has 1 aromatic carbocycles. The number of carbonyl (C=O) groups excluding carboxylic acids is 2. The molecule has 1 aliphatic heterocycles. The third kappa shape index (κ3) is 3.79. The maximum atomic E-state index is 13.1. The van der Waals surface area contributed by atoms with Gasteiger partial charge in [-0.1, -0.05) is 15.9 Å². The number of rotatable bonds is 4. The smallest absolute Gasteiger partial charge is 0.224 e. The third-order valence-corrected chi connectivity index (χ3v) is 4.11. The second-order valence-electron chi connectivity index (χ2n) is 4.98. The largest absolute Gasteiger partial charge is 0.351 e. The van der Waals surface area contributed by atoms with Gasteiger partial charge in [-0.25, -0.2) is 4.39 Å². The fraction of sp³-hybridized carbons (Fsp3) is 0.429. The summed E-state index contributed by atoms with van der Waals surface area (Å²) in [4.78, 5) is 24.8. The van der Waals surface area contributed by atoms with E-state index in [0.29, 0.717) is 19.4 Å². The Morgan fingerprint density at radius 2 is 2.30 bits per heavy atom. The molecule has 1 aromatic rings. The zero-order valence-corrected chi connectivity index (χ0v) is 12.7. The van der Waals surface area contributed by atoms with Gasteiger partial charge in [0.15, 0.2) is 0 Å². The van der Waals surface area contributed by atoms with Crippen molar-refractivity contribution in [1.82, 2.24) is 10.2 Å². The fourth-order valence-corrected chi connectivity index (χ4v) is 2.69. The normalized spacial score (nSPS) is 18.4. The van der Waals surface area contributed by atoms with Crippen molar-refractivity contribution in [2.24, 2.45) is 0 Å². The van der Waals surface area contributed by atoms with Crippen molar-refractivity contribution in [2.75, 3.05) is 13.6 Å². The minimum Gasteiger partial charge on any atom is -0.351 e. The van der Waals surface area contributed by atoms with Gasteiger partial charge >= 0.3 is 0 Å². The average molecular weight is 343 g/mol. The van der Waals surface area contributed by atoms with Crippen molar-refractivity contribution in [1.29, 1.82) is 0 Å². The molecule has 1 saturated heterocycles. The first kappa shape index (κ1) is 15.0. The molecule has 0 aromatic heterocycles. The van der Waals surface area contributed by atoms with Crippen LogP contribution in [0.3, 0.4) is 0 Å². The van der Waals surface area contributed by atoms with E-state index in [0.717, 1.165) is 10.0 Å². The van der Waals surface area contributed by atoms with Crippen molar-refractivity contribution in [2.45, 2.75) is 25.3 Å². The van der Waals surface area contributed by atoms with Crippen molar-refractivity contribution in [3.63, 3.8) is 0 Å². The molecule has 1 aliphatic rings. The summed E-state index contributed by atoms with van der Waals surface area (Å²) in [5, 5.41) is 2.83. The van der Waals surface area contributed by atoms with Crippen LogP contribution in [0.5, 0.6) is 0 Å². The second kappa shape index (κ2) is 6.35. The number of carbonyl (C=O) groups is 2. The summed E-state index contributed by atoms with van der Waals surface area (Å²) >= 11 is 3.33. The van der Waals surface area contributed by atoms with Crippen LogP contribution < -0.4 is 5.32 Å². The predicted molar refractivity (Wildman–Crippen MR) is 76.6 cm³/mol. The van der Waals surface area contributed by atoms with Crippen LogP contribution in [0.2, 0.25) is 0 Å². The van der Waals surface area contributed by atoms with Gasteiger partial charge in [-0.05, 0) is 30.2 Å². The van der Waals surface area contributed by atoms with E-state index in [1.807, 2.05) is 0 Å². The maximum absolute atomic E-state index is 13.1. The number of amides is 2. The number of benzene rings is 1. The number of aryl methyl sites for hydroxylation is 1. The molecule has 0 bridgehead atoms. The van der Waals surface area contributed by atoms with Gasteiger partial charge < -0.3 is 10.2 Å². The lowest BCUT2D eigenvalue weighted by atomic mass is 10.1. The van der Waals surface area contributed by atoms with Gasteiger partial charge in [0.1, 0.15) is 5.82 Å². The molecule has 4 nitrogen and oxygen atoms in total. The minimum absolute atomic E-state index is 0.0446. The molecule has 0 unspecified atom stereocenters. The summed E-state index contributed by atoms with van der Waals surface area (Å²) in [5.74, 6) is -0.385. The zero-order valence-electron chi connectivity index (χ0n) is 11.2. The highest BCUT2D eigenvalue weighted by molar-refractivity contribution is 9.10. The highest BCUT2D eigenvalue weighted by atomic mass is 79.9. The quantitative estimate of drug-likeness (QED) is 0.907. The second-order valence-corrected chi connectivity index (χ2v) is 5.83. The molecule has 1 atom stereocenters. The molecule has 1 N–H and O–H groups in total. The van der Waals surface area contributed by atoms with E-state index < -0.39 is 0 Å². The van der Waals surface area contributed by atoms with Gasteiger partial charge in [0.05, 0.1) is 6.04 Å². The Kier molecular flexibility index (Phi) is 4.75. The first-order chi connectivity index (χ1) is 9.45. The maximum Gasteiger partial charge on any atom is 0.224 e. The highest BCUT2D eigenvalue weighted by Gasteiger charge is 2.27. The van der Waals surface area contributed by atoms with Crippen LogP contribution in [0.15, 0.2) is 22.7 Å². The van der Waals surface area contributed by atoms with E-state index in [2.05, 4.69) is 21.2 Å². The van der Waals surface area contributed by atoms with E-state index in [1.54, 1.807) is 18.0 Å². The number of hydrogen-bond donors (Lipinski definition) is 1. The molecule has 0 spiro atoms. The minimum atomic E-state index is -0.313. The monoisotopic (exact) mass is 342 g/mol. The lowest BCUT2D eigenvalue weighted by Crippen LogP contribution is -2.36. The Labute approximate surface area is 125 Å². The molecule has 108 valence electrons. The SMILES string of the molecule is CN1C[C@H](NC(=O)CCc2cc(F)ccc2Br)CC1=O. The number of hydrogen-bond acceptors (Lipinski definition) is 2. The number of halogens is 2. The van der Waals surface area contributed by atoms with Gasteiger partial charge in [0.2, 0.25) is 11.8 Å². The molecular weight excluding hydrogens is 327 g/mol. The van der Waals surface area contributed by atoms with Crippen LogP contribution in [0, 0.1) is 5.82 Å². The number of nitrogens with zero attached hydrogens (tertiary/aromatic N) is 1. The molecule has 6 heteroatoms. The van der Waals surface area contributed by atoms with Crippen molar-refractivity contribution < 1.29 is 14.0 Å². The molecule has 0 radical (unpaired) electrons. The van der Waals surface area contributed by atoms with Gasteiger partial charge in [0.25, 0.3) is 0 Å². The van der Waals surface area contributed by atoms with Gasteiger partial charge in [-0.2, -0.15) is 0 Å². The van der Waals surface area contributed by atoms with Gasteiger partial charge in [-0.3, -0.25) is 9.59 Å². The summed E-state index contributed by atoms with van der Waals surface area (Å²) in [6.07, 6.45) is 1.09. The lowest BCUT2D eigenvalue weighted by Gasteiger charge is -2.12. The van der Waals surface area contributed by atoms with E-state index in [4.69, 9.17) is 0 Å². The van der Waals surface area contributed by atoms with Crippen molar-refractivity contribution in [3.05, 3.63) is 34.1 Å². The summed E-state index contributed by atoms with van der Waals surface area (Å²) in [5.41, 5.74) is 0.764. The molecule has 1 heterocycles. The first-order valence-electron chi connectivity index (χ1n) is 6.43. The number of likely N-dealkylation sites (N-methyl/N-ethyl adjacent to an activating group) is 1.